The van der Waals surface area contributed by atoms with Crippen molar-refractivity contribution in [1.82, 2.24) is 14.7 Å². The lowest BCUT2D eigenvalue weighted by molar-refractivity contribution is 0.289. The van der Waals surface area contributed by atoms with Crippen molar-refractivity contribution in [3.05, 3.63) is 15.9 Å². The van der Waals surface area contributed by atoms with E-state index in [1.807, 2.05) is 4.68 Å². The third kappa shape index (κ3) is 2.80. The van der Waals surface area contributed by atoms with Crippen molar-refractivity contribution in [2.75, 3.05) is 13.1 Å². The third-order valence-electron chi connectivity index (χ3n) is 4.13. The zero-order valence-corrected chi connectivity index (χ0v) is 13.5. The van der Waals surface area contributed by atoms with Crippen LogP contribution in [0.25, 0.3) is 0 Å². The molecule has 0 aromatic carbocycles. The van der Waals surface area contributed by atoms with Gasteiger partial charge in [-0.15, -0.1) is 0 Å². The summed E-state index contributed by atoms with van der Waals surface area (Å²) >= 11 is 3.70. The molecule has 1 aromatic rings. The van der Waals surface area contributed by atoms with Crippen LogP contribution in [0.2, 0.25) is 0 Å². The molecule has 0 saturated carbocycles. The van der Waals surface area contributed by atoms with Gasteiger partial charge in [-0.1, -0.05) is 20.8 Å². The van der Waals surface area contributed by atoms with E-state index in [9.17, 15) is 0 Å². The first kappa shape index (κ1) is 14.1. The first-order valence-electron chi connectivity index (χ1n) is 6.95. The predicted octanol–water partition coefficient (Wildman–Crippen LogP) is 3.22. The van der Waals surface area contributed by atoms with Crippen molar-refractivity contribution in [2.45, 2.75) is 40.2 Å². The molecule has 0 bridgehead atoms. The van der Waals surface area contributed by atoms with Gasteiger partial charge in [0.05, 0.1) is 15.9 Å². The number of rotatable bonds is 4. The first-order chi connectivity index (χ1) is 8.52. The minimum Gasteiger partial charge on any atom is -0.297 e. The van der Waals surface area contributed by atoms with E-state index in [4.69, 9.17) is 0 Å². The van der Waals surface area contributed by atoms with Gasteiger partial charge >= 0.3 is 0 Å². The lowest BCUT2D eigenvalue weighted by Crippen LogP contribution is -2.23. The number of nitrogens with zero attached hydrogens (tertiary/aromatic N) is 3. The number of aromatic nitrogens is 2. The van der Waals surface area contributed by atoms with Gasteiger partial charge in [0.2, 0.25) is 0 Å². The molecular weight excluding hydrogens is 290 g/mol. The largest absolute Gasteiger partial charge is 0.297 e. The van der Waals surface area contributed by atoms with Gasteiger partial charge in [-0.2, -0.15) is 5.10 Å². The van der Waals surface area contributed by atoms with E-state index in [-0.39, 0.29) is 0 Å². The fraction of sp³-hybridized carbons (Fsp3) is 0.786. The quantitative estimate of drug-likeness (QED) is 0.851. The van der Waals surface area contributed by atoms with Gasteiger partial charge in [-0.25, -0.2) is 0 Å². The maximum atomic E-state index is 4.57. The smallest absolute Gasteiger partial charge is 0.0767 e. The molecule has 1 fully saturated rings. The van der Waals surface area contributed by atoms with Crippen LogP contribution in [0.15, 0.2) is 4.47 Å². The van der Waals surface area contributed by atoms with Gasteiger partial charge in [0, 0.05) is 20.1 Å². The second-order valence-corrected chi connectivity index (χ2v) is 6.51. The molecule has 1 atom stereocenters. The molecule has 1 aliphatic heterocycles. The Kier molecular flexibility index (Phi) is 4.49. The minimum atomic E-state index is 0.802. The van der Waals surface area contributed by atoms with E-state index in [0.29, 0.717) is 0 Å². The van der Waals surface area contributed by atoms with Crippen LogP contribution in [-0.2, 0) is 20.0 Å². The molecule has 18 heavy (non-hydrogen) atoms. The van der Waals surface area contributed by atoms with Crippen LogP contribution in [0.3, 0.4) is 0 Å². The Morgan fingerprint density at radius 2 is 2.17 bits per heavy atom. The fourth-order valence-corrected chi connectivity index (χ4v) is 3.50. The molecule has 1 saturated heterocycles. The van der Waals surface area contributed by atoms with E-state index in [1.54, 1.807) is 0 Å². The molecule has 0 N–H and O–H groups in total. The Hall–Kier alpha value is -0.350. The zero-order chi connectivity index (χ0) is 13.3. The van der Waals surface area contributed by atoms with Crippen molar-refractivity contribution in [1.29, 1.82) is 0 Å². The maximum Gasteiger partial charge on any atom is 0.0767 e. The fourth-order valence-electron chi connectivity index (χ4n) is 2.75. The second-order valence-electron chi connectivity index (χ2n) is 5.71. The summed E-state index contributed by atoms with van der Waals surface area (Å²) in [4.78, 5) is 2.56. The monoisotopic (exact) mass is 313 g/mol. The molecule has 3 nitrogen and oxygen atoms in total. The van der Waals surface area contributed by atoms with Crippen LogP contribution in [0.5, 0.6) is 0 Å². The summed E-state index contributed by atoms with van der Waals surface area (Å²) in [7, 11) is 2.05. The third-order valence-corrected chi connectivity index (χ3v) is 5.04. The molecule has 102 valence electrons. The van der Waals surface area contributed by atoms with Crippen LogP contribution in [0.1, 0.15) is 38.6 Å². The predicted molar refractivity (Wildman–Crippen MR) is 78.5 cm³/mol. The molecule has 0 spiro atoms. The Labute approximate surface area is 119 Å². The van der Waals surface area contributed by atoms with Crippen molar-refractivity contribution in [2.24, 2.45) is 18.9 Å². The number of halogens is 1. The van der Waals surface area contributed by atoms with Gasteiger partial charge in [-0.05, 0) is 47.2 Å². The highest BCUT2D eigenvalue weighted by Gasteiger charge is 2.26. The number of hydrogen-bond acceptors (Lipinski definition) is 2. The highest BCUT2D eigenvalue weighted by atomic mass is 79.9. The van der Waals surface area contributed by atoms with E-state index in [2.05, 4.69) is 53.7 Å². The van der Waals surface area contributed by atoms with Crippen molar-refractivity contribution < 1.29 is 0 Å². The molecule has 1 aromatic heterocycles. The van der Waals surface area contributed by atoms with Crippen LogP contribution < -0.4 is 0 Å². The Balaban J connectivity index is 2.05. The number of likely N-dealkylation sites (tertiary alicyclic amines) is 1. The number of aryl methyl sites for hydroxylation is 2. The minimum absolute atomic E-state index is 0.802. The molecule has 0 radical (unpaired) electrons. The van der Waals surface area contributed by atoms with Crippen LogP contribution >= 0.6 is 15.9 Å². The van der Waals surface area contributed by atoms with E-state index < -0.39 is 0 Å². The summed E-state index contributed by atoms with van der Waals surface area (Å²) in [5.41, 5.74) is 2.49. The van der Waals surface area contributed by atoms with Gasteiger partial charge < -0.3 is 0 Å². The van der Waals surface area contributed by atoms with Crippen LogP contribution in [0.4, 0.5) is 0 Å². The van der Waals surface area contributed by atoms with Crippen molar-refractivity contribution >= 4 is 15.9 Å². The zero-order valence-electron chi connectivity index (χ0n) is 11.9. The van der Waals surface area contributed by atoms with E-state index in [0.717, 1.165) is 24.8 Å². The lowest BCUT2D eigenvalue weighted by Gasteiger charge is -2.18. The number of hydrogen-bond donors (Lipinski definition) is 0. The molecule has 0 aliphatic carbocycles. The molecule has 2 heterocycles. The summed E-state index contributed by atoms with van der Waals surface area (Å²) in [5.74, 6) is 1.67. The lowest BCUT2D eigenvalue weighted by atomic mass is 9.95. The van der Waals surface area contributed by atoms with Gasteiger partial charge in [0.1, 0.15) is 0 Å². The standard InChI is InChI=1S/C14H24BrN3/c1-5-12-14(15)13(17(4)16-12)9-18-7-6-11(8-18)10(2)3/h10-11H,5-9H2,1-4H3. The average molecular weight is 314 g/mol. The molecular formula is C14H24BrN3. The van der Waals surface area contributed by atoms with E-state index in [1.165, 1.54) is 35.4 Å². The summed E-state index contributed by atoms with van der Waals surface area (Å²) in [6, 6.07) is 0. The second kappa shape index (κ2) is 5.74. The molecule has 4 heteroatoms. The van der Waals surface area contributed by atoms with E-state index >= 15 is 0 Å². The topological polar surface area (TPSA) is 21.1 Å². The Morgan fingerprint density at radius 1 is 1.44 bits per heavy atom. The summed E-state index contributed by atoms with van der Waals surface area (Å²) in [6.45, 7) is 10.3. The van der Waals surface area contributed by atoms with Crippen molar-refractivity contribution in [3.63, 3.8) is 0 Å². The maximum absolute atomic E-state index is 4.57. The van der Waals surface area contributed by atoms with Gasteiger partial charge in [-0.3, -0.25) is 9.58 Å². The average Bonchev–Trinajstić information content (AvgIpc) is 2.89. The Bertz CT molecular complexity index is 411. The highest BCUT2D eigenvalue weighted by Crippen LogP contribution is 2.28. The van der Waals surface area contributed by atoms with Crippen LogP contribution in [-0.4, -0.2) is 27.8 Å². The molecule has 2 rings (SSSR count). The highest BCUT2D eigenvalue weighted by molar-refractivity contribution is 9.10. The normalized spacial score (nSPS) is 21.1. The van der Waals surface area contributed by atoms with Crippen LogP contribution in [0, 0.1) is 11.8 Å². The SMILES string of the molecule is CCc1nn(C)c(CN2CCC(C(C)C)C2)c1Br. The van der Waals surface area contributed by atoms with Gasteiger partial charge in [0.15, 0.2) is 0 Å². The Morgan fingerprint density at radius 3 is 2.67 bits per heavy atom. The van der Waals surface area contributed by atoms with Gasteiger partial charge in [0.25, 0.3) is 0 Å². The summed E-state index contributed by atoms with van der Waals surface area (Å²) in [6.07, 6.45) is 2.33. The molecule has 1 aliphatic rings. The van der Waals surface area contributed by atoms with Crippen molar-refractivity contribution in [3.8, 4) is 0 Å². The summed E-state index contributed by atoms with van der Waals surface area (Å²) in [5, 5.41) is 4.57. The summed E-state index contributed by atoms with van der Waals surface area (Å²) < 4.78 is 3.24. The first-order valence-corrected chi connectivity index (χ1v) is 7.74. The molecule has 0 amide bonds. The molecule has 1 unspecified atom stereocenters.